The van der Waals surface area contributed by atoms with Gasteiger partial charge in [0, 0.05) is 0 Å². The molecule has 0 heteroatoms. The van der Waals surface area contributed by atoms with Crippen molar-refractivity contribution in [2.45, 2.75) is 48.0 Å². The normalized spacial score (nSPS) is 20.7. The van der Waals surface area contributed by atoms with Crippen LogP contribution in [0.4, 0.5) is 0 Å². The highest BCUT2D eigenvalue weighted by Crippen LogP contribution is 2.41. The van der Waals surface area contributed by atoms with Gasteiger partial charge in [0.05, 0.1) is 0 Å². The second-order valence-corrected chi connectivity index (χ2v) is 5.03. The van der Waals surface area contributed by atoms with Gasteiger partial charge in [-0.2, -0.15) is 0 Å². The lowest BCUT2D eigenvalue weighted by molar-refractivity contribution is 0.513. The third kappa shape index (κ3) is 1.84. The minimum atomic E-state index is 0.275. The van der Waals surface area contributed by atoms with Gasteiger partial charge in [0.1, 0.15) is 0 Å². The van der Waals surface area contributed by atoms with Crippen LogP contribution in [0, 0.1) is 5.41 Å². The van der Waals surface area contributed by atoms with E-state index in [2.05, 4.69) is 53.7 Å². The van der Waals surface area contributed by atoms with Crippen molar-refractivity contribution in [2.75, 3.05) is 0 Å². The topological polar surface area (TPSA) is 0 Å². The number of hydrogen-bond donors (Lipinski definition) is 0. The lowest BCUT2D eigenvalue weighted by Crippen LogP contribution is -2.08. The first kappa shape index (κ1) is 11.3. The van der Waals surface area contributed by atoms with E-state index in [1.54, 1.807) is 0 Å². The van der Waals surface area contributed by atoms with Crippen molar-refractivity contribution in [3.63, 3.8) is 0 Å². The van der Waals surface area contributed by atoms with Crippen LogP contribution in [0.1, 0.15) is 48.0 Å². The summed E-state index contributed by atoms with van der Waals surface area (Å²) < 4.78 is 0. The Balaban J connectivity index is 3.26. The van der Waals surface area contributed by atoms with E-state index in [1.165, 1.54) is 22.3 Å². The molecule has 0 aromatic heterocycles. The molecule has 0 fully saturated rings. The van der Waals surface area contributed by atoms with Crippen LogP contribution in [0.5, 0.6) is 0 Å². The van der Waals surface area contributed by atoms with Crippen LogP contribution in [-0.2, 0) is 0 Å². The molecule has 0 aliphatic heterocycles. The molecule has 1 aliphatic carbocycles. The average Bonchev–Trinajstić information content (AvgIpc) is 2.40. The first-order valence-electron chi connectivity index (χ1n) is 5.50. The van der Waals surface area contributed by atoms with Gasteiger partial charge in [-0.05, 0) is 48.0 Å². The molecular weight excluding hydrogens is 168 g/mol. The third-order valence-electron chi connectivity index (χ3n) is 2.89. The smallest absolute Gasteiger partial charge is 0.0129 e. The van der Waals surface area contributed by atoms with Crippen LogP contribution in [0.3, 0.4) is 0 Å². The van der Waals surface area contributed by atoms with Gasteiger partial charge in [0.15, 0.2) is 0 Å². The van der Waals surface area contributed by atoms with Crippen LogP contribution in [0.25, 0.3) is 0 Å². The summed E-state index contributed by atoms with van der Waals surface area (Å²) in [6.07, 6.45) is 5.73. The number of hydrogen-bond acceptors (Lipinski definition) is 0. The summed E-state index contributed by atoms with van der Waals surface area (Å²) in [5.41, 5.74) is 6.21. The second kappa shape index (κ2) is 3.76. The van der Waals surface area contributed by atoms with Gasteiger partial charge in [-0.3, -0.25) is 0 Å². The predicted molar refractivity (Wildman–Crippen MR) is 64.3 cm³/mol. The summed E-state index contributed by atoms with van der Waals surface area (Å²) in [4.78, 5) is 0. The Labute approximate surface area is 88.4 Å². The molecule has 0 aromatic rings. The molecule has 1 aliphatic rings. The quantitative estimate of drug-likeness (QED) is 0.565. The van der Waals surface area contributed by atoms with Crippen molar-refractivity contribution < 1.29 is 0 Å². The Morgan fingerprint density at radius 1 is 1.29 bits per heavy atom. The molecule has 0 saturated heterocycles. The van der Waals surface area contributed by atoms with E-state index in [0.717, 1.165) is 6.42 Å². The fourth-order valence-electron chi connectivity index (χ4n) is 2.22. The SMILES string of the molecule is C/C=C1\C(C)=CC(C(C)(C)C)=C1CC. The summed E-state index contributed by atoms with van der Waals surface area (Å²) >= 11 is 0. The molecular formula is C14H22. The molecule has 0 spiro atoms. The molecule has 1 rings (SSSR count). The largest absolute Gasteiger partial charge is 0.0798 e. The van der Waals surface area contributed by atoms with Gasteiger partial charge >= 0.3 is 0 Å². The highest BCUT2D eigenvalue weighted by atomic mass is 14.3. The van der Waals surface area contributed by atoms with E-state index in [1.807, 2.05) is 0 Å². The zero-order valence-corrected chi connectivity index (χ0v) is 10.4. The summed E-state index contributed by atoms with van der Waals surface area (Å²) in [5.74, 6) is 0. The van der Waals surface area contributed by atoms with E-state index in [-0.39, 0.29) is 5.41 Å². The molecule has 0 N–H and O–H groups in total. The lowest BCUT2D eigenvalue weighted by Gasteiger charge is -2.21. The highest BCUT2D eigenvalue weighted by Gasteiger charge is 2.25. The molecule has 0 bridgehead atoms. The van der Waals surface area contributed by atoms with E-state index in [4.69, 9.17) is 0 Å². The zero-order valence-electron chi connectivity index (χ0n) is 10.4. The Kier molecular flexibility index (Phi) is 3.04. The second-order valence-electron chi connectivity index (χ2n) is 5.03. The standard InChI is InChI=1S/C14H22/c1-7-11-10(3)9-13(12(11)8-2)14(4,5)6/h7,9H,8H2,1-6H3/b11-7+. The fraction of sp³-hybridized carbons (Fsp3) is 0.571. The first-order chi connectivity index (χ1) is 6.41. The molecule has 0 heterocycles. The monoisotopic (exact) mass is 190 g/mol. The van der Waals surface area contributed by atoms with Crippen LogP contribution in [0.15, 0.2) is 34.4 Å². The van der Waals surface area contributed by atoms with Crippen molar-refractivity contribution in [1.82, 2.24) is 0 Å². The van der Waals surface area contributed by atoms with Crippen LogP contribution in [-0.4, -0.2) is 0 Å². The van der Waals surface area contributed by atoms with Gasteiger partial charge in [0.25, 0.3) is 0 Å². The highest BCUT2D eigenvalue weighted by molar-refractivity contribution is 5.59. The lowest BCUT2D eigenvalue weighted by atomic mass is 9.83. The summed E-state index contributed by atoms with van der Waals surface area (Å²) in [6.45, 7) is 13.5. The average molecular weight is 190 g/mol. The molecule has 0 saturated carbocycles. The molecule has 0 aromatic carbocycles. The van der Waals surface area contributed by atoms with Gasteiger partial charge in [0.2, 0.25) is 0 Å². The summed E-state index contributed by atoms with van der Waals surface area (Å²) in [5, 5.41) is 0. The van der Waals surface area contributed by atoms with Crippen LogP contribution in [0.2, 0.25) is 0 Å². The van der Waals surface area contributed by atoms with Gasteiger partial charge in [-0.15, -0.1) is 0 Å². The van der Waals surface area contributed by atoms with E-state index in [9.17, 15) is 0 Å². The zero-order chi connectivity index (χ0) is 10.9. The van der Waals surface area contributed by atoms with Crippen molar-refractivity contribution in [2.24, 2.45) is 5.41 Å². The number of rotatable bonds is 1. The predicted octanol–water partition coefficient (Wildman–Crippen LogP) is 4.65. The van der Waals surface area contributed by atoms with Crippen molar-refractivity contribution >= 4 is 0 Å². The maximum absolute atomic E-state index is 2.36. The molecule has 0 atom stereocenters. The Morgan fingerprint density at radius 3 is 2.21 bits per heavy atom. The third-order valence-corrected chi connectivity index (χ3v) is 2.89. The number of allylic oxidation sites excluding steroid dienone is 6. The van der Waals surface area contributed by atoms with E-state index >= 15 is 0 Å². The Morgan fingerprint density at radius 2 is 1.86 bits per heavy atom. The van der Waals surface area contributed by atoms with E-state index < -0.39 is 0 Å². The fourth-order valence-corrected chi connectivity index (χ4v) is 2.22. The molecule has 0 unspecified atom stereocenters. The minimum Gasteiger partial charge on any atom is -0.0798 e. The van der Waals surface area contributed by atoms with Crippen molar-refractivity contribution in [3.05, 3.63) is 34.4 Å². The summed E-state index contributed by atoms with van der Waals surface area (Å²) in [6, 6.07) is 0. The maximum atomic E-state index is 2.36. The molecule has 14 heavy (non-hydrogen) atoms. The van der Waals surface area contributed by atoms with Crippen LogP contribution >= 0.6 is 0 Å². The molecule has 0 nitrogen and oxygen atoms in total. The van der Waals surface area contributed by atoms with E-state index in [0.29, 0.717) is 0 Å². The Bertz CT molecular complexity index is 316. The van der Waals surface area contributed by atoms with Crippen LogP contribution < -0.4 is 0 Å². The Hall–Kier alpha value is -0.780. The molecule has 0 amide bonds. The van der Waals surface area contributed by atoms with Gasteiger partial charge in [-0.1, -0.05) is 39.8 Å². The molecule has 78 valence electrons. The van der Waals surface area contributed by atoms with Crippen molar-refractivity contribution in [3.8, 4) is 0 Å². The van der Waals surface area contributed by atoms with Gasteiger partial charge < -0.3 is 0 Å². The first-order valence-corrected chi connectivity index (χ1v) is 5.50. The van der Waals surface area contributed by atoms with Gasteiger partial charge in [-0.25, -0.2) is 0 Å². The molecule has 0 radical (unpaired) electrons. The van der Waals surface area contributed by atoms with Crippen molar-refractivity contribution in [1.29, 1.82) is 0 Å². The minimum absolute atomic E-state index is 0.275. The maximum Gasteiger partial charge on any atom is -0.0129 e. The summed E-state index contributed by atoms with van der Waals surface area (Å²) in [7, 11) is 0.